The van der Waals surface area contributed by atoms with E-state index >= 15 is 0 Å². The number of allylic oxidation sites excluding steroid dienone is 1. The maximum Gasteiger partial charge on any atom is 0.126 e. The molecule has 2 N–H and O–H groups in total. The number of furan rings is 1. The maximum absolute atomic E-state index is 5.50. The van der Waals surface area contributed by atoms with Crippen molar-refractivity contribution in [3.8, 4) is 0 Å². The van der Waals surface area contributed by atoms with Crippen molar-refractivity contribution >= 4 is 6.08 Å². The van der Waals surface area contributed by atoms with E-state index in [0.717, 1.165) is 24.4 Å². The van der Waals surface area contributed by atoms with E-state index in [0.29, 0.717) is 6.54 Å². The highest BCUT2D eigenvalue weighted by atomic mass is 16.3. The Balaban J connectivity index is 1.64. The summed E-state index contributed by atoms with van der Waals surface area (Å²) in [5, 5.41) is 0. The highest BCUT2D eigenvalue weighted by Crippen LogP contribution is 2.11. The number of hydrogen-bond acceptors (Lipinski definition) is 2. The molecule has 0 bridgehead atoms. The van der Waals surface area contributed by atoms with Crippen LogP contribution >= 0.6 is 0 Å². The second kappa shape index (κ2) is 7.59. The zero-order valence-corrected chi connectivity index (χ0v) is 11.2. The second-order valence-corrected chi connectivity index (χ2v) is 4.64. The van der Waals surface area contributed by atoms with Crippen molar-refractivity contribution in [2.75, 3.05) is 0 Å². The van der Waals surface area contributed by atoms with E-state index in [2.05, 4.69) is 36.4 Å². The normalized spacial score (nSPS) is 11.2. The molecule has 2 heteroatoms. The summed E-state index contributed by atoms with van der Waals surface area (Å²) in [6.07, 6.45) is 8.88. The number of unbranched alkanes of at least 4 members (excludes halogenated alkanes) is 2. The van der Waals surface area contributed by atoms with Crippen LogP contribution in [0.1, 0.15) is 36.3 Å². The third kappa shape index (κ3) is 4.76. The quantitative estimate of drug-likeness (QED) is 0.754. The molecule has 19 heavy (non-hydrogen) atoms. The Hall–Kier alpha value is -1.80. The summed E-state index contributed by atoms with van der Waals surface area (Å²) in [4.78, 5) is 0. The van der Waals surface area contributed by atoms with E-state index in [9.17, 15) is 0 Å². The average Bonchev–Trinajstić information content (AvgIpc) is 2.92. The van der Waals surface area contributed by atoms with Crippen LogP contribution in [0.2, 0.25) is 0 Å². The van der Waals surface area contributed by atoms with Gasteiger partial charge in [0.15, 0.2) is 0 Å². The monoisotopic (exact) mass is 255 g/mol. The van der Waals surface area contributed by atoms with E-state index in [4.69, 9.17) is 10.2 Å². The standard InChI is InChI=1S/C17H21NO/c18-14-17-13-12-16(19-17)11-7-2-1-4-8-15-9-5-3-6-10-15/h3,5-7,9-13H,1-2,4,8,14,18H2/b11-7-. The molecule has 1 heterocycles. The van der Waals surface area contributed by atoms with Crippen LogP contribution in [0.15, 0.2) is 53.0 Å². The Morgan fingerprint density at radius 1 is 1.00 bits per heavy atom. The van der Waals surface area contributed by atoms with Crippen LogP contribution in [-0.4, -0.2) is 0 Å². The fourth-order valence-electron chi connectivity index (χ4n) is 2.03. The van der Waals surface area contributed by atoms with Crippen molar-refractivity contribution in [2.24, 2.45) is 5.73 Å². The highest BCUT2D eigenvalue weighted by molar-refractivity contribution is 5.42. The first-order chi connectivity index (χ1) is 9.38. The second-order valence-electron chi connectivity index (χ2n) is 4.64. The molecule has 2 nitrogen and oxygen atoms in total. The molecule has 0 saturated heterocycles. The van der Waals surface area contributed by atoms with Gasteiger partial charge in [0.1, 0.15) is 11.5 Å². The minimum atomic E-state index is 0.463. The third-order valence-corrected chi connectivity index (χ3v) is 3.09. The lowest BCUT2D eigenvalue weighted by Gasteiger charge is -1.99. The van der Waals surface area contributed by atoms with Crippen LogP contribution in [-0.2, 0) is 13.0 Å². The summed E-state index contributed by atoms with van der Waals surface area (Å²) in [5.74, 6) is 1.73. The molecule has 0 saturated carbocycles. The van der Waals surface area contributed by atoms with Crippen LogP contribution < -0.4 is 5.73 Å². The van der Waals surface area contributed by atoms with Gasteiger partial charge in [-0.3, -0.25) is 0 Å². The van der Waals surface area contributed by atoms with Gasteiger partial charge in [0.2, 0.25) is 0 Å². The molecule has 0 aliphatic heterocycles. The molecule has 0 spiro atoms. The van der Waals surface area contributed by atoms with Crippen LogP contribution in [0.3, 0.4) is 0 Å². The molecule has 0 unspecified atom stereocenters. The zero-order valence-electron chi connectivity index (χ0n) is 11.2. The van der Waals surface area contributed by atoms with E-state index in [-0.39, 0.29) is 0 Å². The number of rotatable bonds is 7. The Bertz CT molecular complexity index is 499. The van der Waals surface area contributed by atoms with Gasteiger partial charge < -0.3 is 10.2 Å². The molecule has 0 aliphatic rings. The van der Waals surface area contributed by atoms with Crippen molar-refractivity contribution in [3.63, 3.8) is 0 Å². The third-order valence-electron chi connectivity index (χ3n) is 3.09. The van der Waals surface area contributed by atoms with E-state index in [1.54, 1.807) is 0 Å². The molecule has 2 rings (SSSR count). The number of nitrogens with two attached hydrogens (primary N) is 1. The van der Waals surface area contributed by atoms with Crippen molar-refractivity contribution < 1.29 is 4.42 Å². The topological polar surface area (TPSA) is 39.2 Å². The van der Waals surface area contributed by atoms with Crippen LogP contribution in [0, 0.1) is 0 Å². The fourth-order valence-corrected chi connectivity index (χ4v) is 2.03. The summed E-state index contributed by atoms with van der Waals surface area (Å²) < 4.78 is 5.50. The van der Waals surface area contributed by atoms with E-state index in [1.165, 1.54) is 18.4 Å². The summed E-state index contributed by atoms with van der Waals surface area (Å²) in [6, 6.07) is 14.5. The van der Waals surface area contributed by atoms with Gasteiger partial charge in [0, 0.05) is 0 Å². The molecule has 1 aromatic carbocycles. The fraction of sp³-hybridized carbons (Fsp3) is 0.294. The largest absolute Gasteiger partial charge is 0.460 e. The van der Waals surface area contributed by atoms with Crippen molar-refractivity contribution in [1.82, 2.24) is 0 Å². The molecule has 0 amide bonds. The van der Waals surface area contributed by atoms with Crippen LogP contribution in [0.5, 0.6) is 0 Å². The van der Waals surface area contributed by atoms with Gasteiger partial charge in [-0.15, -0.1) is 0 Å². The van der Waals surface area contributed by atoms with Crippen molar-refractivity contribution in [1.29, 1.82) is 0 Å². The molecule has 0 radical (unpaired) electrons. The molecule has 2 aromatic rings. The van der Waals surface area contributed by atoms with Gasteiger partial charge >= 0.3 is 0 Å². The lowest BCUT2D eigenvalue weighted by atomic mass is 10.1. The minimum Gasteiger partial charge on any atom is -0.460 e. The summed E-state index contributed by atoms with van der Waals surface area (Å²) in [7, 11) is 0. The van der Waals surface area contributed by atoms with Crippen molar-refractivity contribution in [2.45, 2.75) is 32.2 Å². The maximum atomic E-state index is 5.50. The highest BCUT2D eigenvalue weighted by Gasteiger charge is 1.95. The number of benzene rings is 1. The first kappa shape index (κ1) is 13.6. The Kier molecular flexibility index (Phi) is 5.45. The van der Waals surface area contributed by atoms with Gasteiger partial charge in [0.05, 0.1) is 6.54 Å². The first-order valence-corrected chi connectivity index (χ1v) is 6.88. The summed E-state index contributed by atoms with van der Waals surface area (Å²) >= 11 is 0. The van der Waals surface area contributed by atoms with E-state index in [1.807, 2.05) is 18.2 Å². The van der Waals surface area contributed by atoms with Crippen LogP contribution in [0.4, 0.5) is 0 Å². The zero-order chi connectivity index (χ0) is 13.3. The molecular formula is C17H21NO. The van der Waals surface area contributed by atoms with Gasteiger partial charge in [-0.1, -0.05) is 36.4 Å². The Labute approximate surface area is 114 Å². The molecule has 0 fully saturated rings. The molecular weight excluding hydrogens is 234 g/mol. The van der Waals surface area contributed by atoms with Crippen molar-refractivity contribution in [3.05, 3.63) is 65.6 Å². The molecule has 0 atom stereocenters. The number of hydrogen-bond donors (Lipinski definition) is 1. The average molecular weight is 255 g/mol. The minimum absolute atomic E-state index is 0.463. The Morgan fingerprint density at radius 3 is 2.58 bits per heavy atom. The number of aryl methyl sites for hydroxylation is 1. The first-order valence-electron chi connectivity index (χ1n) is 6.88. The predicted molar refractivity (Wildman–Crippen MR) is 79.6 cm³/mol. The van der Waals surface area contributed by atoms with Gasteiger partial charge in [0.25, 0.3) is 0 Å². The van der Waals surface area contributed by atoms with Gasteiger partial charge in [-0.25, -0.2) is 0 Å². The van der Waals surface area contributed by atoms with E-state index < -0.39 is 0 Å². The molecule has 100 valence electrons. The van der Waals surface area contributed by atoms with Gasteiger partial charge in [-0.2, -0.15) is 0 Å². The lowest BCUT2D eigenvalue weighted by Crippen LogP contribution is -1.92. The summed E-state index contributed by atoms with van der Waals surface area (Å²) in [6.45, 7) is 0.463. The Morgan fingerprint density at radius 2 is 1.84 bits per heavy atom. The summed E-state index contributed by atoms with van der Waals surface area (Å²) in [5.41, 5.74) is 6.92. The SMILES string of the molecule is NCc1ccc(/C=C\CCCCc2ccccc2)o1. The smallest absolute Gasteiger partial charge is 0.126 e. The van der Waals surface area contributed by atoms with Gasteiger partial charge in [-0.05, 0) is 49.5 Å². The predicted octanol–water partition coefficient (Wildman–Crippen LogP) is 4.16. The van der Waals surface area contributed by atoms with Crippen LogP contribution in [0.25, 0.3) is 6.08 Å². The lowest BCUT2D eigenvalue weighted by molar-refractivity contribution is 0.504. The molecule has 1 aromatic heterocycles. The molecule has 0 aliphatic carbocycles.